The summed E-state index contributed by atoms with van der Waals surface area (Å²) in [6, 6.07) is 10.6. The van der Waals surface area contributed by atoms with Gasteiger partial charge in [0.2, 0.25) is 0 Å². The van der Waals surface area contributed by atoms with Crippen molar-refractivity contribution in [3.8, 4) is 0 Å². The number of fused-ring (bicyclic) bond motifs is 1. The second kappa shape index (κ2) is 8.94. The van der Waals surface area contributed by atoms with E-state index >= 15 is 0 Å². The number of thiophene rings is 1. The molecule has 2 N–H and O–H groups in total. The van der Waals surface area contributed by atoms with Crippen molar-refractivity contribution in [2.24, 2.45) is 0 Å². The zero-order valence-corrected chi connectivity index (χ0v) is 20.0. The highest BCUT2D eigenvalue weighted by atomic mass is 32.1. The Balaban J connectivity index is 1.49. The van der Waals surface area contributed by atoms with Crippen LogP contribution in [0.2, 0.25) is 0 Å². The standard InChI is InChI=1S/C26H31N3O2S/c1-26(2,3)31-25(30)29(4)19-10-8-18(9-11-19)21-16-28-23-12-7-17(14-20(21)23)15-22(27)24-6-5-13-32-24/h5-8,12-14,16,19,27-28H,9-11,15H2,1-4H3. The van der Waals surface area contributed by atoms with Gasteiger partial charge in [0.1, 0.15) is 5.60 Å². The van der Waals surface area contributed by atoms with Crippen LogP contribution in [0.1, 0.15) is 56.0 Å². The number of benzene rings is 1. The van der Waals surface area contributed by atoms with Crippen molar-refractivity contribution in [2.45, 2.75) is 58.1 Å². The van der Waals surface area contributed by atoms with Crippen LogP contribution in [0.25, 0.3) is 16.5 Å². The molecule has 32 heavy (non-hydrogen) atoms. The number of amides is 1. The number of allylic oxidation sites excluding steroid dienone is 1. The summed E-state index contributed by atoms with van der Waals surface area (Å²) in [6.45, 7) is 5.68. The minimum absolute atomic E-state index is 0.153. The number of aromatic nitrogens is 1. The lowest BCUT2D eigenvalue weighted by molar-refractivity contribution is 0.0215. The van der Waals surface area contributed by atoms with Crippen LogP contribution in [0.15, 0.2) is 48.0 Å². The third-order valence-corrected chi connectivity index (χ3v) is 6.83. The van der Waals surface area contributed by atoms with Gasteiger partial charge in [0.25, 0.3) is 0 Å². The van der Waals surface area contributed by atoms with Crippen LogP contribution in [0, 0.1) is 5.41 Å². The normalized spacial score (nSPS) is 16.6. The maximum atomic E-state index is 12.4. The van der Waals surface area contributed by atoms with Crippen LogP contribution < -0.4 is 0 Å². The lowest BCUT2D eigenvalue weighted by atomic mass is 9.89. The first-order valence-electron chi connectivity index (χ1n) is 11.1. The van der Waals surface area contributed by atoms with Gasteiger partial charge in [-0.1, -0.05) is 18.2 Å². The molecule has 0 radical (unpaired) electrons. The minimum Gasteiger partial charge on any atom is -0.444 e. The number of hydrogen-bond acceptors (Lipinski definition) is 4. The molecule has 0 saturated heterocycles. The van der Waals surface area contributed by atoms with Gasteiger partial charge >= 0.3 is 6.09 Å². The number of nitrogens with zero attached hydrogens (tertiary/aromatic N) is 1. The number of aromatic amines is 1. The molecule has 3 aromatic rings. The lowest BCUT2D eigenvalue weighted by Crippen LogP contribution is -2.41. The molecule has 0 fully saturated rings. The number of ether oxygens (including phenoxy) is 1. The molecule has 1 amide bonds. The quantitative estimate of drug-likeness (QED) is 0.429. The average Bonchev–Trinajstić information content (AvgIpc) is 3.42. The number of nitrogens with one attached hydrogen (secondary N) is 2. The molecular weight excluding hydrogens is 418 g/mol. The van der Waals surface area contributed by atoms with E-state index in [0.717, 1.165) is 35.2 Å². The topological polar surface area (TPSA) is 69.2 Å². The monoisotopic (exact) mass is 449 g/mol. The van der Waals surface area contributed by atoms with E-state index in [1.54, 1.807) is 16.2 Å². The maximum Gasteiger partial charge on any atom is 0.410 e. The van der Waals surface area contributed by atoms with E-state index in [-0.39, 0.29) is 12.1 Å². The molecule has 1 aromatic carbocycles. The molecule has 1 aliphatic carbocycles. The van der Waals surface area contributed by atoms with Gasteiger partial charge in [-0.05, 0) is 74.7 Å². The van der Waals surface area contributed by atoms with Gasteiger partial charge in [-0.15, -0.1) is 11.3 Å². The van der Waals surface area contributed by atoms with Crippen molar-refractivity contribution in [1.82, 2.24) is 9.88 Å². The molecule has 1 unspecified atom stereocenters. The molecule has 0 aliphatic heterocycles. The molecule has 168 valence electrons. The highest BCUT2D eigenvalue weighted by Gasteiger charge is 2.27. The van der Waals surface area contributed by atoms with Crippen LogP contribution in [0.4, 0.5) is 4.79 Å². The van der Waals surface area contributed by atoms with Gasteiger partial charge in [0.15, 0.2) is 0 Å². The van der Waals surface area contributed by atoms with Crippen molar-refractivity contribution < 1.29 is 9.53 Å². The first-order chi connectivity index (χ1) is 15.2. The summed E-state index contributed by atoms with van der Waals surface area (Å²) in [7, 11) is 1.83. The van der Waals surface area contributed by atoms with E-state index < -0.39 is 5.60 Å². The van der Waals surface area contributed by atoms with Crippen LogP contribution in [-0.2, 0) is 11.2 Å². The molecule has 0 bridgehead atoms. The van der Waals surface area contributed by atoms with Gasteiger partial charge < -0.3 is 20.0 Å². The van der Waals surface area contributed by atoms with E-state index in [4.69, 9.17) is 10.1 Å². The molecule has 1 aliphatic rings. The van der Waals surface area contributed by atoms with Gasteiger partial charge in [-0.2, -0.15) is 0 Å². The SMILES string of the molecule is CN(C(=O)OC(C)(C)C)C1CC=C(c2c[nH]c3ccc(CC(=N)c4cccs4)cc23)CC1. The van der Waals surface area contributed by atoms with Gasteiger partial charge in [0.05, 0.1) is 5.71 Å². The Morgan fingerprint density at radius 3 is 2.78 bits per heavy atom. The first kappa shape index (κ1) is 22.3. The second-order valence-electron chi connectivity index (χ2n) is 9.46. The molecule has 2 aromatic heterocycles. The largest absolute Gasteiger partial charge is 0.444 e. The van der Waals surface area contributed by atoms with Crippen molar-refractivity contribution in [3.63, 3.8) is 0 Å². The van der Waals surface area contributed by atoms with Crippen molar-refractivity contribution in [2.75, 3.05) is 7.05 Å². The number of H-pyrrole nitrogens is 1. The summed E-state index contributed by atoms with van der Waals surface area (Å²) >= 11 is 1.61. The van der Waals surface area contributed by atoms with Gasteiger partial charge in [-0.3, -0.25) is 0 Å². The molecule has 6 heteroatoms. The molecule has 2 heterocycles. The zero-order chi connectivity index (χ0) is 22.9. The molecule has 0 spiro atoms. The Morgan fingerprint density at radius 1 is 1.31 bits per heavy atom. The minimum atomic E-state index is -0.484. The third kappa shape index (κ3) is 4.96. The summed E-state index contributed by atoms with van der Waals surface area (Å²) in [4.78, 5) is 18.6. The third-order valence-electron chi connectivity index (χ3n) is 5.90. The molecule has 0 saturated carbocycles. The van der Waals surface area contributed by atoms with E-state index in [0.29, 0.717) is 12.1 Å². The van der Waals surface area contributed by atoms with Crippen molar-refractivity contribution in [3.05, 3.63) is 64.0 Å². The Labute approximate surface area is 193 Å². The van der Waals surface area contributed by atoms with Crippen LogP contribution >= 0.6 is 11.3 Å². The number of carbonyl (C=O) groups excluding carboxylic acids is 1. The maximum absolute atomic E-state index is 12.4. The predicted octanol–water partition coefficient (Wildman–Crippen LogP) is 6.64. The van der Waals surface area contributed by atoms with Crippen molar-refractivity contribution >= 4 is 39.6 Å². The molecular formula is C26H31N3O2S. The Kier molecular flexibility index (Phi) is 6.24. The number of rotatable bonds is 5. The lowest BCUT2D eigenvalue weighted by Gasteiger charge is -2.32. The summed E-state index contributed by atoms with van der Waals surface area (Å²) in [5.41, 5.74) is 4.97. The first-order valence-corrected chi connectivity index (χ1v) is 12.0. The summed E-state index contributed by atoms with van der Waals surface area (Å²) in [6.07, 6.45) is 7.37. The molecule has 5 nitrogen and oxygen atoms in total. The van der Waals surface area contributed by atoms with Crippen molar-refractivity contribution in [1.29, 1.82) is 5.41 Å². The summed E-state index contributed by atoms with van der Waals surface area (Å²) in [5.74, 6) is 0. The van der Waals surface area contributed by atoms with Crippen LogP contribution in [0.3, 0.4) is 0 Å². The molecule has 4 rings (SSSR count). The van der Waals surface area contributed by atoms with Gasteiger partial charge in [-0.25, -0.2) is 4.79 Å². The van der Waals surface area contributed by atoms with E-state index in [2.05, 4.69) is 35.5 Å². The second-order valence-corrected chi connectivity index (χ2v) is 10.4. The number of carbonyl (C=O) groups is 1. The fourth-order valence-corrected chi connectivity index (χ4v) is 4.86. The smallest absolute Gasteiger partial charge is 0.410 e. The van der Waals surface area contributed by atoms with Crippen LogP contribution in [0.5, 0.6) is 0 Å². The summed E-state index contributed by atoms with van der Waals surface area (Å²) in [5, 5.41) is 11.6. The van der Waals surface area contributed by atoms with E-state index in [1.807, 2.05) is 45.3 Å². The Hall–Kier alpha value is -2.86. The molecule has 1 atom stereocenters. The Bertz CT molecular complexity index is 1150. The van der Waals surface area contributed by atoms with E-state index in [9.17, 15) is 4.79 Å². The Morgan fingerprint density at radius 2 is 2.12 bits per heavy atom. The average molecular weight is 450 g/mol. The fraction of sp³-hybridized carbons (Fsp3) is 0.385. The number of hydrogen-bond donors (Lipinski definition) is 2. The summed E-state index contributed by atoms with van der Waals surface area (Å²) < 4.78 is 5.53. The van der Waals surface area contributed by atoms with Gasteiger partial charge in [0, 0.05) is 47.1 Å². The zero-order valence-electron chi connectivity index (χ0n) is 19.2. The van der Waals surface area contributed by atoms with E-state index in [1.165, 1.54) is 16.5 Å². The highest BCUT2D eigenvalue weighted by molar-refractivity contribution is 7.12. The predicted molar refractivity (Wildman–Crippen MR) is 133 cm³/mol. The highest BCUT2D eigenvalue weighted by Crippen LogP contribution is 2.34. The fourth-order valence-electron chi connectivity index (χ4n) is 4.18. The van der Waals surface area contributed by atoms with Crippen LogP contribution in [-0.4, -0.2) is 40.4 Å².